The van der Waals surface area contributed by atoms with Gasteiger partial charge in [0.1, 0.15) is 5.69 Å². The van der Waals surface area contributed by atoms with E-state index >= 15 is 0 Å². The van der Waals surface area contributed by atoms with E-state index in [1.54, 1.807) is 17.6 Å². The second kappa shape index (κ2) is 9.72. The lowest BCUT2D eigenvalue weighted by Gasteiger charge is -2.27. The summed E-state index contributed by atoms with van der Waals surface area (Å²) in [7, 11) is 0. The van der Waals surface area contributed by atoms with E-state index in [-0.39, 0.29) is 14.4 Å². The molecular formula is C18H17I2N2OPS. The van der Waals surface area contributed by atoms with Crippen molar-refractivity contribution in [2.75, 3.05) is 0 Å². The van der Waals surface area contributed by atoms with E-state index < -0.39 is 0 Å². The van der Waals surface area contributed by atoms with Gasteiger partial charge in [-0.2, -0.15) is 0 Å². The first-order valence-electron chi connectivity index (χ1n) is 8.07. The van der Waals surface area contributed by atoms with Gasteiger partial charge in [0.2, 0.25) is 0 Å². The molecule has 2 atom stereocenters. The molecule has 1 amide bonds. The van der Waals surface area contributed by atoms with Crippen LogP contribution >= 0.6 is 57.9 Å². The Morgan fingerprint density at radius 2 is 2.12 bits per heavy atom. The molecule has 2 aromatic rings. The van der Waals surface area contributed by atoms with Gasteiger partial charge in [-0.1, -0.05) is 36.6 Å². The van der Waals surface area contributed by atoms with Gasteiger partial charge in [-0.15, -0.1) is 0 Å². The minimum Gasteiger partial charge on any atom is -0.348 e. The monoisotopic (exact) mass is 594 g/mol. The van der Waals surface area contributed by atoms with Crippen molar-refractivity contribution in [2.45, 2.75) is 31.7 Å². The Kier molecular flexibility index (Phi) is 7.65. The van der Waals surface area contributed by atoms with Crippen molar-refractivity contribution < 1.29 is 4.79 Å². The highest BCUT2D eigenvalue weighted by Gasteiger charge is 2.23. The molecule has 1 N–H and O–H groups in total. The quantitative estimate of drug-likeness (QED) is 0.257. The van der Waals surface area contributed by atoms with E-state index in [2.05, 4.69) is 65.6 Å². The number of pyridine rings is 1. The molecule has 3 rings (SSSR count). The van der Waals surface area contributed by atoms with Crippen molar-refractivity contribution in [1.82, 2.24) is 10.3 Å². The molecule has 0 bridgehead atoms. The number of nitrogens with zero attached hydrogens (tertiary/aromatic N) is 1. The maximum atomic E-state index is 12.7. The zero-order valence-electron chi connectivity index (χ0n) is 13.4. The average molecular weight is 594 g/mol. The lowest BCUT2D eigenvalue weighted by atomic mass is 9.86. The molecule has 1 aromatic carbocycles. The molecule has 1 saturated carbocycles. The zero-order chi connectivity index (χ0) is 17.6. The molecule has 0 saturated heterocycles. The summed E-state index contributed by atoms with van der Waals surface area (Å²) < 4.78 is -0.0947. The van der Waals surface area contributed by atoms with Gasteiger partial charge in [0.05, 0.1) is 2.41 Å². The predicted octanol–water partition coefficient (Wildman–Crippen LogP) is 6.31. The fourth-order valence-corrected chi connectivity index (χ4v) is 5.58. The second-order valence-corrected chi connectivity index (χ2v) is 23.6. The van der Waals surface area contributed by atoms with Crippen LogP contribution in [0.15, 0.2) is 36.5 Å². The Hall–Kier alpha value is -0.1000. The molecule has 1 aromatic heterocycles. The Balaban J connectivity index is 1.66. The largest absolute Gasteiger partial charge is 0.348 e. The molecule has 7 heteroatoms. The van der Waals surface area contributed by atoms with Crippen molar-refractivity contribution in [1.29, 1.82) is 0 Å². The molecule has 0 aliphatic heterocycles. The first kappa shape index (κ1) is 19.7. The van der Waals surface area contributed by atoms with Crippen LogP contribution in [0.25, 0.3) is 10.8 Å². The summed E-state index contributed by atoms with van der Waals surface area (Å²) in [5.41, 5.74) is 0.516. The van der Waals surface area contributed by atoms with Crippen molar-refractivity contribution in [3.05, 3.63) is 42.2 Å². The van der Waals surface area contributed by atoms with E-state index in [4.69, 9.17) is 0 Å². The number of carbonyl (C=O) groups excluding carboxylic acids is 1. The highest BCUT2D eigenvalue weighted by atomic mass is 127. The van der Waals surface area contributed by atoms with Gasteiger partial charge in [-0.05, 0) is 91.4 Å². The molecular weight excluding hydrogens is 577 g/mol. The number of hydrogen-bond donors (Lipinski definition) is 1. The third-order valence-electron chi connectivity index (χ3n) is 4.28. The maximum absolute atomic E-state index is 12.7. The van der Waals surface area contributed by atoms with Crippen molar-refractivity contribution in [3.63, 3.8) is 0 Å². The normalized spacial score (nSPS) is 20.1. The predicted molar refractivity (Wildman–Crippen MR) is 125 cm³/mol. The summed E-state index contributed by atoms with van der Waals surface area (Å²) in [6.45, 7) is 0. The highest BCUT2D eigenvalue weighted by Crippen LogP contribution is 2.64. The van der Waals surface area contributed by atoms with Gasteiger partial charge in [-0.3, -0.25) is 9.78 Å². The lowest BCUT2D eigenvalue weighted by molar-refractivity contribution is 0.0921. The fourth-order valence-electron chi connectivity index (χ4n) is 3.15. The number of hydrogen-bond acceptors (Lipinski definition) is 3. The van der Waals surface area contributed by atoms with Crippen LogP contribution in [-0.2, 0) is 0 Å². The molecule has 25 heavy (non-hydrogen) atoms. The third kappa shape index (κ3) is 5.69. The molecule has 1 aliphatic carbocycles. The molecule has 0 radical (unpaired) electrons. The van der Waals surface area contributed by atoms with Crippen LogP contribution in [0.1, 0.15) is 36.2 Å². The van der Waals surface area contributed by atoms with E-state index in [0.29, 0.717) is 11.6 Å². The van der Waals surface area contributed by atoms with Crippen LogP contribution in [0, 0.1) is 17.1 Å². The summed E-state index contributed by atoms with van der Waals surface area (Å²) in [4.78, 5) is 17.0. The van der Waals surface area contributed by atoms with Gasteiger partial charge in [-0.25, -0.2) is 0 Å². The SMILES string of the molecule is O=C(NC1CCCC(C#CSP(I)I)C1)c1nccc2ccccc12. The maximum Gasteiger partial charge on any atom is 0.270 e. The first-order valence-corrected chi connectivity index (χ1v) is 16.4. The summed E-state index contributed by atoms with van der Waals surface area (Å²) in [6, 6.07) is 10.0. The number of fused-ring (bicyclic) bond motifs is 1. The first-order chi connectivity index (χ1) is 12.1. The molecule has 0 spiro atoms. The Labute approximate surface area is 179 Å². The zero-order valence-corrected chi connectivity index (χ0v) is 19.4. The number of rotatable bonds is 3. The van der Waals surface area contributed by atoms with Crippen LogP contribution in [0.3, 0.4) is 0 Å². The van der Waals surface area contributed by atoms with E-state index in [1.807, 2.05) is 30.3 Å². The minimum atomic E-state index is -0.0947. The fraction of sp³-hybridized carbons (Fsp3) is 0.333. The number of nitrogens with one attached hydrogen (secondary N) is 1. The number of carbonyl (C=O) groups is 1. The molecule has 1 aliphatic rings. The topological polar surface area (TPSA) is 42.0 Å². The van der Waals surface area contributed by atoms with E-state index in [9.17, 15) is 4.79 Å². The van der Waals surface area contributed by atoms with Gasteiger partial charge in [0, 0.05) is 23.5 Å². The van der Waals surface area contributed by atoms with Crippen molar-refractivity contribution in [2.24, 2.45) is 5.92 Å². The molecule has 3 nitrogen and oxygen atoms in total. The number of benzene rings is 1. The summed E-state index contributed by atoms with van der Waals surface area (Å²) in [5, 5.41) is 8.37. The van der Waals surface area contributed by atoms with Crippen LogP contribution < -0.4 is 5.32 Å². The molecule has 1 heterocycles. The lowest BCUT2D eigenvalue weighted by Crippen LogP contribution is -2.38. The Bertz CT molecular complexity index is 816. The average Bonchev–Trinajstić information content (AvgIpc) is 2.61. The minimum absolute atomic E-state index is 0.0761. The molecule has 130 valence electrons. The van der Waals surface area contributed by atoms with Gasteiger partial charge < -0.3 is 5.32 Å². The highest BCUT2D eigenvalue weighted by molar-refractivity contribution is 14.3. The third-order valence-corrected chi connectivity index (χ3v) is 8.86. The van der Waals surface area contributed by atoms with E-state index in [0.717, 1.165) is 36.5 Å². The van der Waals surface area contributed by atoms with Gasteiger partial charge in [0.25, 0.3) is 5.91 Å². The summed E-state index contributed by atoms with van der Waals surface area (Å²) in [5.74, 6) is 3.69. The summed E-state index contributed by atoms with van der Waals surface area (Å²) >= 11 is 6.55. The second-order valence-electron chi connectivity index (χ2n) is 5.95. The van der Waals surface area contributed by atoms with Crippen LogP contribution in [0.5, 0.6) is 0 Å². The Morgan fingerprint density at radius 1 is 1.28 bits per heavy atom. The van der Waals surface area contributed by atoms with Crippen LogP contribution in [0.2, 0.25) is 0 Å². The number of halogens is 2. The summed E-state index contributed by atoms with van der Waals surface area (Å²) in [6.07, 6.45) is 5.90. The Morgan fingerprint density at radius 3 is 2.96 bits per heavy atom. The van der Waals surface area contributed by atoms with Crippen molar-refractivity contribution >= 4 is 74.6 Å². The number of amides is 1. The molecule has 1 fully saturated rings. The molecule has 2 unspecified atom stereocenters. The van der Waals surface area contributed by atoms with E-state index in [1.165, 1.54) is 0 Å². The smallest absolute Gasteiger partial charge is 0.270 e. The van der Waals surface area contributed by atoms with Crippen LogP contribution in [0.4, 0.5) is 0 Å². The van der Waals surface area contributed by atoms with Gasteiger partial charge >= 0.3 is 0 Å². The van der Waals surface area contributed by atoms with Crippen LogP contribution in [-0.4, -0.2) is 16.9 Å². The standard InChI is InChI=1S/C18H17I2N2OPS/c19-24(20)25-11-9-13-4-3-6-15(12-13)22-18(23)17-16-7-2-1-5-14(16)8-10-21-17/h1-2,5,7-8,10,13,15H,3-4,6,12H2,(H,22,23). The van der Waals surface area contributed by atoms with Gasteiger partial charge in [0.15, 0.2) is 0 Å². The number of aromatic nitrogens is 1. The van der Waals surface area contributed by atoms with Crippen molar-refractivity contribution in [3.8, 4) is 11.2 Å².